The highest BCUT2D eigenvalue weighted by Crippen LogP contribution is 2.20. The lowest BCUT2D eigenvalue weighted by molar-refractivity contribution is 0.340. The lowest BCUT2D eigenvalue weighted by atomic mass is 10.2. The molecule has 0 spiro atoms. The van der Waals surface area contributed by atoms with Crippen LogP contribution in [0.4, 0.5) is 23.1 Å². The van der Waals surface area contributed by atoms with Gasteiger partial charge < -0.3 is 15.4 Å². The van der Waals surface area contributed by atoms with Crippen molar-refractivity contribution in [2.24, 2.45) is 0 Å². The minimum absolute atomic E-state index is 0.440. The first kappa shape index (κ1) is 15.7. The van der Waals surface area contributed by atoms with E-state index in [0.29, 0.717) is 18.4 Å². The molecule has 3 rings (SSSR count). The Morgan fingerprint density at radius 2 is 1.58 bits per heavy atom. The third-order valence-electron chi connectivity index (χ3n) is 3.30. The summed E-state index contributed by atoms with van der Waals surface area (Å²) >= 11 is 0. The molecule has 0 aliphatic rings. The number of aromatic nitrogens is 3. The molecule has 2 N–H and O–H groups in total. The van der Waals surface area contributed by atoms with Gasteiger partial charge in [-0.05, 0) is 50.2 Å². The number of rotatable bonds is 6. The summed E-state index contributed by atoms with van der Waals surface area (Å²) in [4.78, 5) is 4.42. The molecule has 0 fully saturated rings. The topological polar surface area (TPSA) is 72.0 Å². The quantitative estimate of drug-likeness (QED) is 0.713. The summed E-state index contributed by atoms with van der Waals surface area (Å²) in [5.74, 6) is 1.89. The summed E-state index contributed by atoms with van der Waals surface area (Å²) < 4.78 is 5.43. The van der Waals surface area contributed by atoms with E-state index in [2.05, 4.69) is 25.8 Å². The average molecular weight is 321 g/mol. The highest BCUT2D eigenvalue weighted by Gasteiger charge is 2.02. The lowest BCUT2D eigenvalue weighted by Crippen LogP contribution is -2.02. The van der Waals surface area contributed by atoms with Crippen molar-refractivity contribution in [3.05, 3.63) is 60.3 Å². The first-order valence-electron chi connectivity index (χ1n) is 7.76. The number of benzene rings is 2. The third-order valence-corrected chi connectivity index (χ3v) is 3.30. The number of nitrogens with zero attached hydrogens (tertiary/aromatic N) is 3. The molecule has 0 aliphatic carbocycles. The SMILES string of the molecule is CCOc1ccc(Nc2cnnc(Nc3ccc(C)cc3)n2)cc1. The van der Waals surface area contributed by atoms with Gasteiger partial charge in [-0.2, -0.15) is 10.1 Å². The van der Waals surface area contributed by atoms with Crippen LogP contribution in [0.5, 0.6) is 5.75 Å². The molecule has 0 bridgehead atoms. The van der Waals surface area contributed by atoms with Crippen LogP contribution >= 0.6 is 0 Å². The highest BCUT2D eigenvalue weighted by molar-refractivity contribution is 5.59. The molecule has 0 aliphatic heterocycles. The average Bonchev–Trinajstić information content (AvgIpc) is 2.59. The molecule has 0 saturated carbocycles. The molecular weight excluding hydrogens is 302 g/mol. The van der Waals surface area contributed by atoms with Gasteiger partial charge in [0.05, 0.1) is 12.8 Å². The zero-order chi connectivity index (χ0) is 16.8. The van der Waals surface area contributed by atoms with E-state index in [1.54, 1.807) is 6.20 Å². The highest BCUT2D eigenvalue weighted by atomic mass is 16.5. The Balaban J connectivity index is 1.69. The minimum atomic E-state index is 0.440. The van der Waals surface area contributed by atoms with Crippen molar-refractivity contribution >= 4 is 23.1 Å². The van der Waals surface area contributed by atoms with Gasteiger partial charge in [0.2, 0.25) is 5.95 Å². The van der Waals surface area contributed by atoms with Gasteiger partial charge in [-0.25, -0.2) is 0 Å². The molecule has 24 heavy (non-hydrogen) atoms. The standard InChI is InChI=1S/C18H19N5O/c1-3-24-16-10-8-14(9-11-16)20-17-12-19-23-18(22-17)21-15-6-4-13(2)5-7-15/h4-12H,3H2,1-2H3,(H2,20,21,22,23). The number of hydrogen-bond acceptors (Lipinski definition) is 6. The fourth-order valence-corrected chi connectivity index (χ4v) is 2.13. The Hall–Kier alpha value is -3.15. The van der Waals surface area contributed by atoms with Crippen molar-refractivity contribution in [2.75, 3.05) is 17.2 Å². The van der Waals surface area contributed by atoms with E-state index in [1.807, 2.05) is 62.4 Å². The second-order valence-corrected chi connectivity index (χ2v) is 5.24. The van der Waals surface area contributed by atoms with Crippen LogP contribution in [0.1, 0.15) is 12.5 Å². The van der Waals surface area contributed by atoms with Gasteiger partial charge in [-0.1, -0.05) is 17.7 Å². The van der Waals surface area contributed by atoms with E-state index in [4.69, 9.17) is 4.74 Å². The number of hydrogen-bond donors (Lipinski definition) is 2. The van der Waals surface area contributed by atoms with Gasteiger partial charge in [-0.15, -0.1) is 5.10 Å². The number of aryl methyl sites for hydroxylation is 1. The van der Waals surface area contributed by atoms with Crippen molar-refractivity contribution < 1.29 is 4.74 Å². The van der Waals surface area contributed by atoms with Gasteiger partial charge in [0.25, 0.3) is 0 Å². The minimum Gasteiger partial charge on any atom is -0.494 e. The summed E-state index contributed by atoms with van der Waals surface area (Å²) in [5.41, 5.74) is 3.02. The molecule has 0 saturated heterocycles. The first-order valence-corrected chi connectivity index (χ1v) is 7.76. The van der Waals surface area contributed by atoms with Gasteiger partial charge in [0, 0.05) is 11.4 Å². The summed E-state index contributed by atoms with van der Waals surface area (Å²) in [6, 6.07) is 15.7. The van der Waals surface area contributed by atoms with Crippen LogP contribution in [0, 0.1) is 6.92 Å². The predicted molar refractivity (Wildman–Crippen MR) is 95.2 cm³/mol. The molecular formula is C18H19N5O. The van der Waals surface area contributed by atoms with Crippen molar-refractivity contribution in [2.45, 2.75) is 13.8 Å². The maximum atomic E-state index is 5.43. The first-order chi connectivity index (χ1) is 11.7. The maximum absolute atomic E-state index is 5.43. The second-order valence-electron chi connectivity index (χ2n) is 5.24. The van der Waals surface area contributed by atoms with Crippen LogP contribution < -0.4 is 15.4 Å². The molecule has 2 aromatic carbocycles. The van der Waals surface area contributed by atoms with E-state index in [0.717, 1.165) is 17.1 Å². The molecule has 6 nitrogen and oxygen atoms in total. The molecule has 6 heteroatoms. The molecule has 1 heterocycles. The summed E-state index contributed by atoms with van der Waals surface area (Å²) in [6.07, 6.45) is 1.58. The van der Waals surface area contributed by atoms with Crippen LogP contribution in [-0.2, 0) is 0 Å². The van der Waals surface area contributed by atoms with Crippen molar-refractivity contribution in [3.63, 3.8) is 0 Å². The van der Waals surface area contributed by atoms with Crippen molar-refractivity contribution in [3.8, 4) is 5.75 Å². The second kappa shape index (κ2) is 7.41. The Kier molecular flexibility index (Phi) is 4.86. The van der Waals surface area contributed by atoms with E-state index in [-0.39, 0.29) is 0 Å². The Bertz CT molecular complexity index is 787. The zero-order valence-corrected chi connectivity index (χ0v) is 13.7. The molecule has 0 atom stereocenters. The van der Waals surface area contributed by atoms with Gasteiger partial charge in [0.15, 0.2) is 5.82 Å². The van der Waals surface area contributed by atoms with E-state index < -0.39 is 0 Å². The van der Waals surface area contributed by atoms with E-state index >= 15 is 0 Å². The smallest absolute Gasteiger partial charge is 0.249 e. The molecule has 0 unspecified atom stereocenters. The Labute approximate surface area is 140 Å². The number of anilines is 4. The molecule has 1 aromatic heterocycles. The van der Waals surface area contributed by atoms with Gasteiger partial charge in [0.1, 0.15) is 5.75 Å². The van der Waals surface area contributed by atoms with Crippen LogP contribution in [-0.4, -0.2) is 21.8 Å². The largest absolute Gasteiger partial charge is 0.494 e. The fraction of sp³-hybridized carbons (Fsp3) is 0.167. The predicted octanol–water partition coefficient (Wildman–Crippen LogP) is 4.07. The van der Waals surface area contributed by atoms with Gasteiger partial charge in [-0.3, -0.25) is 0 Å². The lowest BCUT2D eigenvalue weighted by Gasteiger charge is -2.09. The van der Waals surface area contributed by atoms with Crippen molar-refractivity contribution in [1.29, 1.82) is 0 Å². The number of ether oxygens (including phenoxy) is 1. The summed E-state index contributed by atoms with van der Waals surface area (Å²) in [6.45, 7) is 4.65. The van der Waals surface area contributed by atoms with Crippen LogP contribution in [0.2, 0.25) is 0 Å². The van der Waals surface area contributed by atoms with Gasteiger partial charge >= 0.3 is 0 Å². The molecule has 122 valence electrons. The van der Waals surface area contributed by atoms with Crippen LogP contribution in [0.15, 0.2) is 54.7 Å². The fourth-order valence-electron chi connectivity index (χ4n) is 2.13. The zero-order valence-electron chi connectivity index (χ0n) is 13.7. The monoisotopic (exact) mass is 321 g/mol. The summed E-state index contributed by atoms with van der Waals surface area (Å²) in [5, 5.41) is 14.3. The normalized spacial score (nSPS) is 10.2. The van der Waals surface area contributed by atoms with Crippen LogP contribution in [0.3, 0.4) is 0 Å². The third kappa shape index (κ3) is 4.19. The molecule has 3 aromatic rings. The molecule has 0 radical (unpaired) electrons. The summed E-state index contributed by atoms with van der Waals surface area (Å²) in [7, 11) is 0. The maximum Gasteiger partial charge on any atom is 0.249 e. The van der Waals surface area contributed by atoms with Crippen LogP contribution in [0.25, 0.3) is 0 Å². The Morgan fingerprint density at radius 3 is 2.29 bits per heavy atom. The van der Waals surface area contributed by atoms with Crippen molar-refractivity contribution in [1.82, 2.24) is 15.2 Å². The van der Waals surface area contributed by atoms with E-state index in [9.17, 15) is 0 Å². The Morgan fingerprint density at radius 1 is 0.917 bits per heavy atom. The van der Waals surface area contributed by atoms with E-state index in [1.165, 1.54) is 5.56 Å². The molecule has 0 amide bonds. The number of nitrogens with one attached hydrogen (secondary N) is 2.